The Morgan fingerprint density at radius 2 is 2.31 bits per heavy atom. The van der Waals surface area contributed by atoms with E-state index in [1.54, 1.807) is 0 Å². The highest BCUT2D eigenvalue weighted by Crippen LogP contribution is 2.35. The Kier molecular flexibility index (Phi) is 2.81. The maximum Gasteiger partial charge on any atom is 0.169 e. The maximum atomic E-state index is 5.82. The van der Waals surface area contributed by atoms with Gasteiger partial charge in [-0.15, -0.1) is 0 Å². The van der Waals surface area contributed by atoms with Gasteiger partial charge in [0, 0.05) is 6.04 Å². The first-order chi connectivity index (χ1) is 7.72. The quantitative estimate of drug-likeness (QED) is 0.927. The van der Waals surface area contributed by atoms with Crippen LogP contribution < -0.4 is 5.32 Å². The molecule has 2 fully saturated rings. The van der Waals surface area contributed by atoms with Gasteiger partial charge in [-0.25, -0.2) is 0 Å². The molecule has 3 rings (SSSR count). The molecule has 4 unspecified atom stereocenters. The number of hydrogen-bond donors (Lipinski definition) is 1. The van der Waals surface area contributed by atoms with E-state index < -0.39 is 0 Å². The number of furan rings is 1. The van der Waals surface area contributed by atoms with Gasteiger partial charge in [-0.2, -0.15) is 0 Å². The molecule has 0 saturated carbocycles. The molecule has 2 aliphatic heterocycles. The van der Waals surface area contributed by atoms with Gasteiger partial charge in [0.05, 0.1) is 18.2 Å². The molecule has 16 heavy (non-hydrogen) atoms. The third-order valence-electron chi connectivity index (χ3n) is 3.59. The molecular weight excluding hydrogens is 270 g/mol. The van der Waals surface area contributed by atoms with Gasteiger partial charge >= 0.3 is 0 Å². The highest BCUT2D eigenvalue weighted by atomic mass is 79.9. The third kappa shape index (κ3) is 1.94. The Balaban J connectivity index is 1.62. The lowest BCUT2D eigenvalue weighted by Crippen LogP contribution is -2.38. The van der Waals surface area contributed by atoms with Crippen molar-refractivity contribution >= 4 is 15.9 Å². The van der Waals surface area contributed by atoms with E-state index in [-0.39, 0.29) is 6.04 Å². The Morgan fingerprint density at radius 1 is 1.44 bits per heavy atom. The number of ether oxygens (including phenoxy) is 1. The number of fused-ring (bicyclic) bond motifs is 2. The lowest BCUT2D eigenvalue weighted by atomic mass is 9.95. The largest absolute Gasteiger partial charge is 0.453 e. The van der Waals surface area contributed by atoms with E-state index in [4.69, 9.17) is 9.15 Å². The van der Waals surface area contributed by atoms with Gasteiger partial charge in [0.1, 0.15) is 5.76 Å². The Hall–Kier alpha value is -0.320. The molecule has 1 N–H and O–H groups in total. The van der Waals surface area contributed by atoms with Crippen molar-refractivity contribution in [3.8, 4) is 0 Å². The van der Waals surface area contributed by atoms with Crippen LogP contribution in [0.15, 0.2) is 21.2 Å². The number of hydrogen-bond acceptors (Lipinski definition) is 3. The summed E-state index contributed by atoms with van der Waals surface area (Å²) in [6, 6.07) is 4.69. The molecule has 88 valence electrons. The van der Waals surface area contributed by atoms with Crippen molar-refractivity contribution in [2.45, 2.75) is 50.5 Å². The molecular formula is C12H16BrNO2. The molecule has 2 aliphatic rings. The summed E-state index contributed by atoms with van der Waals surface area (Å²) in [7, 11) is 0. The van der Waals surface area contributed by atoms with Crippen molar-refractivity contribution in [3.63, 3.8) is 0 Å². The molecule has 1 aromatic heterocycles. The van der Waals surface area contributed by atoms with E-state index in [9.17, 15) is 0 Å². The zero-order chi connectivity index (χ0) is 11.1. The molecule has 0 radical (unpaired) electrons. The summed E-state index contributed by atoms with van der Waals surface area (Å²) in [5.41, 5.74) is 0. The Labute approximate surface area is 104 Å². The van der Waals surface area contributed by atoms with E-state index in [0.717, 1.165) is 16.9 Å². The second-order valence-corrected chi connectivity index (χ2v) is 5.53. The van der Waals surface area contributed by atoms with Crippen LogP contribution in [-0.4, -0.2) is 18.2 Å². The van der Waals surface area contributed by atoms with Crippen LogP contribution in [0.1, 0.15) is 38.0 Å². The van der Waals surface area contributed by atoms with E-state index in [0.29, 0.717) is 18.2 Å². The lowest BCUT2D eigenvalue weighted by Gasteiger charge is -2.23. The summed E-state index contributed by atoms with van der Waals surface area (Å²) < 4.78 is 12.2. The standard InChI is InChI=1S/C12H16BrNO2/c1-7(10-4-5-12(13)16-10)14-9-6-8-2-3-11(9)15-8/h4-5,7-9,11,14H,2-3,6H2,1H3. The highest BCUT2D eigenvalue weighted by Gasteiger charge is 2.41. The number of rotatable bonds is 3. The summed E-state index contributed by atoms with van der Waals surface area (Å²) in [5.74, 6) is 0.981. The maximum absolute atomic E-state index is 5.82. The Morgan fingerprint density at radius 3 is 2.88 bits per heavy atom. The van der Waals surface area contributed by atoms with Crippen molar-refractivity contribution in [3.05, 3.63) is 22.6 Å². The van der Waals surface area contributed by atoms with Crippen LogP contribution in [0, 0.1) is 0 Å². The SMILES string of the molecule is CC(NC1CC2CCC1O2)c1ccc(Br)o1. The average molecular weight is 286 g/mol. The fourth-order valence-electron chi connectivity index (χ4n) is 2.78. The Bertz CT molecular complexity index is 379. The fourth-order valence-corrected chi connectivity index (χ4v) is 3.10. The molecule has 3 heterocycles. The second-order valence-electron chi connectivity index (χ2n) is 4.75. The van der Waals surface area contributed by atoms with Crippen molar-refractivity contribution in [2.24, 2.45) is 0 Å². The summed E-state index contributed by atoms with van der Waals surface area (Å²) in [6.07, 6.45) is 4.51. The van der Waals surface area contributed by atoms with Crippen LogP contribution in [0.25, 0.3) is 0 Å². The van der Waals surface area contributed by atoms with Crippen LogP contribution in [0.5, 0.6) is 0 Å². The topological polar surface area (TPSA) is 34.4 Å². The summed E-state index contributed by atoms with van der Waals surface area (Å²) in [4.78, 5) is 0. The summed E-state index contributed by atoms with van der Waals surface area (Å²) >= 11 is 3.33. The van der Waals surface area contributed by atoms with Gasteiger partial charge in [0.2, 0.25) is 0 Å². The van der Waals surface area contributed by atoms with Crippen LogP contribution >= 0.6 is 15.9 Å². The highest BCUT2D eigenvalue weighted by molar-refractivity contribution is 9.10. The predicted molar refractivity (Wildman–Crippen MR) is 64.3 cm³/mol. The molecule has 4 heteroatoms. The van der Waals surface area contributed by atoms with Crippen LogP contribution in [0.2, 0.25) is 0 Å². The van der Waals surface area contributed by atoms with Gasteiger partial charge in [-0.05, 0) is 54.2 Å². The third-order valence-corrected chi connectivity index (χ3v) is 4.02. The van der Waals surface area contributed by atoms with Crippen LogP contribution in [-0.2, 0) is 4.74 Å². The van der Waals surface area contributed by atoms with Crippen molar-refractivity contribution in [1.29, 1.82) is 0 Å². The van der Waals surface area contributed by atoms with Gasteiger partial charge in [0.25, 0.3) is 0 Å². The smallest absolute Gasteiger partial charge is 0.169 e. The molecule has 2 saturated heterocycles. The minimum absolute atomic E-state index is 0.249. The van der Waals surface area contributed by atoms with Gasteiger partial charge < -0.3 is 14.5 Å². The van der Waals surface area contributed by atoms with E-state index in [2.05, 4.69) is 28.2 Å². The predicted octanol–water partition coefficient (Wildman–Crippen LogP) is 3.01. The molecule has 3 nitrogen and oxygen atoms in total. The van der Waals surface area contributed by atoms with E-state index in [1.807, 2.05) is 12.1 Å². The first-order valence-corrected chi connectivity index (χ1v) is 6.68. The molecule has 0 aromatic carbocycles. The van der Waals surface area contributed by atoms with Crippen LogP contribution in [0.4, 0.5) is 0 Å². The van der Waals surface area contributed by atoms with Crippen molar-refractivity contribution < 1.29 is 9.15 Å². The summed E-state index contributed by atoms with van der Waals surface area (Å²) in [5, 5.41) is 3.60. The van der Waals surface area contributed by atoms with E-state index >= 15 is 0 Å². The number of nitrogens with one attached hydrogen (secondary N) is 1. The molecule has 2 bridgehead atoms. The molecule has 0 spiro atoms. The normalized spacial score (nSPS) is 34.5. The molecule has 0 aliphatic carbocycles. The van der Waals surface area contributed by atoms with E-state index in [1.165, 1.54) is 12.8 Å². The fraction of sp³-hybridized carbons (Fsp3) is 0.667. The zero-order valence-corrected chi connectivity index (χ0v) is 10.9. The molecule has 4 atom stereocenters. The second kappa shape index (κ2) is 4.17. The first-order valence-electron chi connectivity index (χ1n) is 5.89. The van der Waals surface area contributed by atoms with Gasteiger partial charge in [-0.3, -0.25) is 0 Å². The average Bonchev–Trinajstić information content (AvgIpc) is 2.92. The number of halogens is 1. The van der Waals surface area contributed by atoms with Crippen molar-refractivity contribution in [1.82, 2.24) is 5.32 Å². The molecule has 0 amide bonds. The monoisotopic (exact) mass is 285 g/mol. The first kappa shape index (κ1) is 10.8. The lowest BCUT2D eigenvalue weighted by molar-refractivity contribution is 0.0959. The minimum atomic E-state index is 0.249. The zero-order valence-electron chi connectivity index (χ0n) is 9.28. The van der Waals surface area contributed by atoms with Gasteiger partial charge in [-0.1, -0.05) is 0 Å². The van der Waals surface area contributed by atoms with Crippen molar-refractivity contribution in [2.75, 3.05) is 0 Å². The summed E-state index contributed by atoms with van der Waals surface area (Å²) in [6.45, 7) is 2.14. The molecule has 1 aromatic rings. The minimum Gasteiger partial charge on any atom is -0.453 e. The van der Waals surface area contributed by atoms with Gasteiger partial charge in [0.15, 0.2) is 4.67 Å². The van der Waals surface area contributed by atoms with Crippen LogP contribution in [0.3, 0.4) is 0 Å².